The van der Waals surface area contributed by atoms with Gasteiger partial charge in [0.1, 0.15) is 5.69 Å². The molecule has 0 radical (unpaired) electrons. The number of aryl methyl sites for hydroxylation is 2. The van der Waals surface area contributed by atoms with Crippen LogP contribution in [0.1, 0.15) is 43.9 Å². The molecule has 0 unspecified atom stereocenters. The van der Waals surface area contributed by atoms with Crippen molar-refractivity contribution in [2.24, 2.45) is 5.73 Å². The van der Waals surface area contributed by atoms with E-state index in [2.05, 4.69) is 48.4 Å². The number of unbranched alkanes of at least 4 members (excludes halogenated alkanes) is 3. The van der Waals surface area contributed by atoms with Crippen molar-refractivity contribution in [2.75, 3.05) is 0 Å². The summed E-state index contributed by atoms with van der Waals surface area (Å²) < 4.78 is 1.96. The normalized spacial score (nSPS) is 10.9. The number of benzene rings is 1. The molecule has 0 spiro atoms. The van der Waals surface area contributed by atoms with Crippen molar-refractivity contribution in [1.29, 1.82) is 0 Å². The standard InChI is InChI=1S/C16H24N4/c1-3-4-5-6-11-20-15(12-17)16(18-19-20)14-9-7-13(2)8-10-14/h7-10H,3-6,11-12,17H2,1-2H3. The van der Waals surface area contributed by atoms with Gasteiger partial charge in [-0.05, 0) is 13.3 Å². The van der Waals surface area contributed by atoms with Crippen molar-refractivity contribution in [3.8, 4) is 11.3 Å². The van der Waals surface area contributed by atoms with Crippen LogP contribution in [-0.2, 0) is 13.1 Å². The van der Waals surface area contributed by atoms with Crippen molar-refractivity contribution in [3.63, 3.8) is 0 Å². The van der Waals surface area contributed by atoms with Gasteiger partial charge in [0.2, 0.25) is 0 Å². The molecular formula is C16H24N4. The Labute approximate surface area is 121 Å². The first kappa shape index (κ1) is 14.7. The van der Waals surface area contributed by atoms with E-state index in [1.54, 1.807) is 0 Å². The molecule has 0 aliphatic heterocycles. The molecule has 0 atom stereocenters. The number of aromatic nitrogens is 3. The molecule has 1 aromatic heterocycles. The summed E-state index contributed by atoms with van der Waals surface area (Å²) in [5.41, 5.74) is 10.2. The number of nitrogens with zero attached hydrogens (tertiary/aromatic N) is 3. The predicted octanol–water partition coefficient (Wildman–Crippen LogP) is 3.29. The summed E-state index contributed by atoms with van der Waals surface area (Å²) in [7, 11) is 0. The molecule has 2 rings (SSSR count). The molecule has 0 bridgehead atoms. The molecule has 2 aromatic rings. The molecule has 1 aromatic carbocycles. The highest BCUT2D eigenvalue weighted by atomic mass is 15.4. The number of hydrogen-bond acceptors (Lipinski definition) is 3. The Bertz CT molecular complexity index is 528. The largest absolute Gasteiger partial charge is 0.325 e. The second-order valence-corrected chi connectivity index (χ2v) is 5.24. The number of nitrogens with two attached hydrogens (primary N) is 1. The molecule has 0 aliphatic rings. The maximum absolute atomic E-state index is 5.89. The quantitative estimate of drug-likeness (QED) is 0.787. The molecule has 4 heteroatoms. The topological polar surface area (TPSA) is 56.7 Å². The maximum Gasteiger partial charge on any atom is 0.117 e. The Balaban J connectivity index is 2.14. The lowest BCUT2D eigenvalue weighted by atomic mass is 10.1. The average molecular weight is 272 g/mol. The molecule has 2 N–H and O–H groups in total. The Hall–Kier alpha value is -1.68. The third-order valence-corrected chi connectivity index (χ3v) is 3.58. The third-order valence-electron chi connectivity index (χ3n) is 3.58. The van der Waals surface area contributed by atoms with Crippen LogP contribution in [0.3, 0.4) is 0 Å². The van der Waals surface area contributed by atoms with Gasteiger partial charge in [-0.15, -0.1) is 5.10 Å². The summed E-state index contributed by atoms with van der Waals surface area (Å²) in [6.07, 6.45) is 4.89. The summed E-state index contributed by atoms with van der Waals surface area (Å²) >= 11 is 0. The third kappa shape index (κ3) is 3.45. The van der Waals surface area contributed by atoms with E-state index in [9.17, 15) is 0 Å². The van der Waals surface area contributed by atoms with Crippen molar-refractivity contribution in [1.82, 2.24) is 15.0 Å². The summed E-state index contributed by atoms with van der Waals surface area (Å²) in [6, 6.07) is 8.35. The molecule has 4 nitrogen and oxygen atoms in total. The fourth-order valence-corrected chi connectivity index (χ4v) is 2.34. The van der Waals surface area contributed by atoms with E-state index < -0.39 is 0 Å². The van der Waals surface area contributed by atoms with Crippen molar-refractivity contribution in [3.05, 3.63) is 35.5 Å². The van der Waals surface area contributed by atoms with Crippen LogP contribution in [0.25, 0.3) is 11.3 Å². The Morgan fingerprint density at radius 3 is 2.50 bits per heavy atom. The highest BCUT2D eigenvalue weighted by Crippen LogP contribution is 2.21. The second-order valence-electron chi connectivity index (χ2n) is 5.24. The van der Waals surface area contributed by atoms with Crippen LogP contribution in [0, 0.1) is 6.92 Å². The lowest BCUT2D eigenvalue weighted by molar-refractivity contribution is 0.512. The summed E-state index contributed by atoms with van der Waals surface area (Å²) in [4.78, 5) is 0. The summed E-state index contributed by atoms with van der Waals surface area (Å²) in [6.45, 7) is 5.68. The van der Waals surface area contributed by atoms with E-state index in [1.165, 1.54) is 24.8 Å². The van der Waals surface area contributed by atoms with E-state index in [4.69, 9.17) is 5.73 Å². The zero-order valence-electron chi connectivity index (χ0n) is 12.5. The number of rotatable bonds is 7. The maximum atomic E-state index is 5.89. The van der Waals surface area contributed by atoms with Gasteiger partial charge in [-0.2, -0.15) is 0 Å². The Morgan fingerprint density at radius 1 is 1.10 bits per heavy atom. The first-order chi connectivity index (χ1) is 9.76. The summed E-state index contributed by atoms with van der Waals surface area (Å²) in [5.74, 6) is 0. The van der Waals surface area contributed by atoms with Gasteiger partial charge in [0.15, 0.2) is 0 Å². The highest BCUT2D eigenvalue weighted by Gasteiger charge is 2.12. The molecule has 0 aliphatic carbocycles. The van der Waals surface area contributed by atoms with Crippen LogP contribution in [0.15, 0.2) is 24.3 Å². The van der Waals surface area contributed by atoms with Gasteiger partial charge >= 0.3 is 0 Å². The van der Waals surface area contributed by atoms with Gasteiger partial charge in [0.25, 0.3) is 0 Å². The van der Waals surface area contributed by atoms with Crippen molar-refractivity contribution in [2.45, 2.75) is 52.6 Å². The molecule has 1 heterocycles. The van der Waals surface area contributed by atoms with Gasteiger partial charge < -0.3 is 5.73 Å². The van der Waals surface area contributed by atoms with Crippen LogP contribution in [0.4, 0.5) is 0 Å². The van der Waals surface area contributed by atoms with Gasteiger partial charge in [0, 0.05) is 18.7 Å². The molecule has 0 saturated heterocycles. The van der Waals surface area contributed by atoms with Crippen LogP contribution < -0.4 is 5.73 Å². The van der Waals surface area contributed by atoms with Gasteiger partial charge in [-0.3, -0.25) is 0 Å². The molecule has 0 saturated carbocycles. The second kappa shape index (κ2) is 7.20. The Morgan fingerprint density at radius 2 is 1.85 bits per heavy atom. The molecule has 108 valence electrons. The minimum absolute atomic E-state index is 0.476. The first-order valence-corrected chi connectivity index (χ1v) is 7.45. The van der Waals surface area contributed by atoms with E-state index in [0.717, 1.165) is 29.9 Å². The van der Waals surface area contributed by atoms with Gasteiger partial charge in [-0.25, -0.2) is 4.68 Å². The molecular weight excluding hydrogens is 248 g/mol. The fraction of sp³-hybridized carbons (Fsp3) is 0.500. The minimum Gasteiger partial charge on any atom is -0.325 e. The van der Waals surface area contributed by atoms with Crippen molar-refractivity contribution >= 4 is 0 Å². The predicted molar refractivity (Wildman–Crippen MR) is 82.2 cm³/mol. The fourth-order valence-electron chi connectivity index (χ4n) is 2.34. The summed E-state index contributed by atoms with van der Waals surface area (Å²) in [5, 5.41) is 8.59. The zero-order chi connectivity index (χ0) is 14.4. The molecule has 0 fully saturated rings. The van der Waals surface area contributed by atoms with E-state index >= 15 is 0 Å². The van der Waals surface area contributed by atoms with Gasteiger partial charge in [-0.1, -0.05) is 61.2 Å². The van der Waals surface area contributed by atoms with Crippen LogP contribution >= 0.6 is 0 Å². The molecule has 0 amide bonds. The Kier molecular flexibility index (Phi) is 5.30. The minimum atomic E-state index is 0.476. The monoisotopic (exact) mass is 272 g/mol. The smallest absolute Gasteiger partial charge is 0.117 e. The first-order valence-electron chi connectivity index (χ1n) is 7.45. The van der Waals surface area contributed by atoms with E-state index in [-0.39, 0.29) is 0 Å². The lowest BCUT2D eigenvalue weighted by Gasteiger charge is -2.06. The molecule has 20 heavy (non-hydrogen) atoms. The average Bonchev–Trinajstić information content (AvgIpc) is 2.87. The number of hydrogen-bond donors (Lipinski definition) is 1. The van der Waals surface area contributed by atoms with Crippen molar-refractivity contribution < 1.29 is 0 Å². The van der Waals surface area contributed by atoms with E-state index in [1.807, 2.05) is 4.68 Å². The highest BCUT2D eigenvalue weighted by molar-refractivity contribution is 5.61. The zero-order valence-corrected chi connectivity index (χ0v) is 12.5. The van der Waals surface area contributed by atoms with Crippen LogP contribution in [0.2, 0.25) is 0 Å². The van der Waals surface area contributed by atoms with E-state index in [0.29, 0.717) is 6.54 Å². The SMILES string of the molecule is CCCCCCn1nnc(-c2ccc(C)cc2)c1CN. The van der Waals surface area contributed by atoms with Gasteiger partial charge in [0.05, 0.1) is 5.69 Å². The van der Waals surface area contributed by atoms with Crippen LogP contribution in [-0.4, -0.2) is 15.0 Å². The lowest BCUT2D eigenvalue weighted by Crippen LogP contribution is -2.10. The van der Waals surface area contributed by atoms with Crippen LogP contribution in [0.5, 0.6) is 0 Å².